The van der Waals surface area contributed by atoms with Crippen LogP contribution in [0.5, 0.6) is 5.75 Å². The van der Waals surface area contributed by atoms with Crippen LogP contribution in [0.4, 0.5) is 4.39 Å². The van der Waals surface area contributed by atoms with Crippen LogP contribution in [-0.4, -0.2) is 18.1 Å². The molecule has 0 aliphatic carbocycles. The van der Waals surface area contributed by atoms with Crippen LogP contribution in [0.3, 0.4) is 0 Å². The summed E-state index contributed by atoms with van der Waals surface area (Å²) in [4.78, 5) is 4.41. The second-order valence-corrected chi connectivity index (χ2v) is 4.94. The van der Waals surface area contributed by atoms with Gasteiger partial charge in [-0.1, -0.05) is 0 Å². The lowest BCUT2D eigenvalue weighted by Gasteiger charge is -2.07. The summed E-state index contributed by atoms with van der Waals surface area (Å²) in [6, 6.07) is 7.57. The van der Waals surface area contributed by atoms with Gasteiger partial charge in [-0.15, -0.1) is 23.7 Å². The van der Waals surface area contributed by atoms with Gasteiger partial charge in [0.05, 0.1) is 6.33 Å². The van der Waals surface area contributed by atoms with Crippen molar-refractivity contribution in [2.75, 3.05) is 13.2 Å². The molecule has 2 N–H and O–H groups in total. The number of ether oxygens (including phenoxy) is 1. The van der Waals surface area contributed by atoms with Crippen LogP contribution in [0, 0.1) is 6.92 Å². The van der Waals surface area contributed by atoms with Crippen molar-refractivity contribution in [1.82, 2.24) is 4.98 Å². The highest BCUT2D eigenvalue weighted by Crippen LogP contribution is 2.25. The molecule has 2 rings (SSSR count). The number of nitrogens with two attached hydrogens (primary N) is 1. The number of aromatic nitrogens is 1. The third kappa shape index (κ3) is 4.30. The summed E-state index contributed by atoms with van der Waals surface area (Å²) >= 11 is 1.61. The summed E-state index contributed by atoms with van der Waals surface area (Å²) in [6.07, 6.45) is 0.493. The Morgan fingerprint density at radius 2 is 2.10 bits per heavy atom. The van der Waals surface area contributed by atoms with Gasteiger partial charge in [0.25, 0.3) is 0 Å². The predicted molar refractivity (Wildman–Crippen MR) is 83.3 cm³/mol. The number of thiazole rings is 1. The van der Waals surface area contributed by atoms with Crippen molar-refractivity contribution in [3.63, 3.8) is 0 Å². The number of hydrogen-bond donors (Lipinski definition) is 1. The molecule has 6 heteroatoms. The zero-order chi connectivity index (χ0) is 13.7. The summed E-state index contributed by atoms with van der Waals surface area (Å²) in [5, 5.41) is 3.00. The molecule has 0 unspecified atom stereocenters. The maximum Gasteiger partial charge on any atom is 0.123 e. The van der Waals surface area contributed by atoms with Gasteiger partial charge in [0.1, 0.15) is 17.4 Å². The molecular formula is C14H16ClFN2OS. The van der Waals surface area contributed by atoms with E-state index in [1.807, 2.05) is 36.6 Å². The Morgan fingerprint density at radius 1 is 1.40 bits per heavy atom. The largest absolute Gasteiger partial charge is 0.489 e. The van der Waals surface area contributed by atoms with Crippen LogP contribution < -0.4 is 10.5 Å². The molecule has 0 aliphatic rings. The van der Waals surface area contributed by atoms with Crippen molar-refractivity contribution in [3.8, 4) is 16.3 Å². The van der Waals surface area contributed by atoms with Crippen LogP contribution in [-0.2, 0) is 0 Å². The summed E-state index contributed by atoms with van der Waals surface area (Å²) in [5.41, 5.74) is 7.85. The van der Waals surface area contributed by atoms with E-state index in [0.29, 0.717) is 17.7 Å². The third-order valence-electron chi connectivity index (χ3n) is 2.56. The number of aryl methyl sites for hydroxylation is 1. The maximum atomic E-state index is 12.3. The van der Waals surface area contributed by atoms with Crippen LogP contribution in [0.15, 0.2) is 41.5 Å². The molecule has 20 heavy (non-hydrogen) atoms. The number of nitrogens with zero attached hydrogens (tertiary/aromatic N) is 1. The van der Waals surface area contributed by atoms with Crippen molar-refractivity contribution in [3.05, 3.63) is 47.2 Å². The molecule has 1 heterocycles. The number of benzene rings is 1. The maximum absolute atomic E-state index is 12.3. The van der Waals surface area contributed by atoms with Crippen LogP contribution in [0.1, 0.15) is 5.69 Å². The first-order valence-electron chi connectivity index (χ1n) is 5.86. The summed E-state index contributed by atoms with van der Waals surface area (Å²) in [7, 11) is 0. The van der Waals surface area contributed by atoms with Crippen molar-refractivity contribution < 1.29 is 9.13 Å². The normalized spacial score (nSPS) is 11.1. The SMILES string of the molecule is Cc1csc(-c2ccc(OC/C(=C/F)CN)cc2)n1.Cl. The Morgan fingerprint density at radius 3 is 2.60 bits per heavy atom. The molecule has 0 amide bonds. The minimum Gasteiger partial charge on any atom is -0.489 e. The molecule has 2 aromatic rings. The average Bonchev–Trinajstić information content (AvgIpc) is 2.87. The van der Waals surface area contributed by atoms with Gasteiger partial charge in [-0.3, -0.25) is 0 Å². The van der Waals surface area contributed by atoms with E-state index in [1.54, 1.807) is 11.3 Å². The van der Waals surface area contributed by atoms with E-state index in [1.165, 1.54) is 0 Å². The lowest BCUT2D eigenvalue weighted by atomic mass is 10.2. The average molecular weight is 315 g/mol. The first-order valence-corrected chi connectivity index (χ1v) is 6.74. The predicted octanol–water partition coefficient (Wildman–Crippen LogP) is 3.73. The Hall–Kier alpha value is -1.43. The van der Waals surface area contributed by atoms with Crippen LogP contribution >= 0.6 is 23.7 Å². The highest BCUT2D eigenvalue weighted by atomic mass is 35.5. The molecule has 0 spiro atoms. The quantitative estimate of drug-likeness (QED) is 0.914. The second kappa shape index (κ2) is 7.99. The Bertz CT molecular complexity index is 569. The van der Waals surface area contributed by atoms with Crippen molar-refractivity contribution in [1.29, 1.82) is 0 Å². The van der Waals surface area contributed by atoms with Gasteiger partial charge in [-0.25, -0.2) is 9.37 Å². The molecule has 0 saturated heterocycles. The van der Waals surface area contributed by atoms with Crippen molar-refractivity contribution in [2.24, 2.45) is 5.73 Å². The highest BCUT2D eigenvalue weighted by molar-refractivity contribution is 7.13. The minimum absolute atomic E-state index is 0. The fourth-order valence-electron chi connectivity index (χ4n) is 1.49. The summed E-state index contributed by atoms with van der Waals surface area (Å²) in [5.74, 6) is 0.685. The molecule has 0 fully saturated rings. The first kappa shape index (κ1) is 16.6. The molecule has 0 aliphatic heterocycles. The molecule has 0 bridgehead atoms. The zero-order valence-corrected chi connectivity index (χ0v) is 12.6. The van der Waals surface area contributed by atoms with Gasteiger partial charge in [0.2, 0.25) is 0 Å². The Labute approximate surface area is 127 Å². The number of hydrogen-bond acceptors (Lipinski definition) is 4. The van der Waals surface area contributed by atoms with E-state index < -0.39 is 0 Å². The highest BCUT2D eigenvalue weighted by Gasteiger charge is 2.03. The van der Waals surface area contributed by atoms with E-state index in [2.05, 4.69) is 4.98 Å². The van der Waals surface area contributed by atoms with Gasteiger partial charge >= 0.3 is 0 Å². The van der Waals surface area contributed by atoms with E-state index in [4.69, 9.17) is 10.5 Å². The van der Waals surface area contributed by atoms with E-state index >= 15 is 0 Å². The minimum atomic E-state index is 0. The molecule has 0 atom stereocenters. The molecule has 0 saturated carbocycles. The van der Waals surface area contributed by atoms with Crippen LogP contribution in [0.25, 0.3) is 10.6 Å². The van der Waals surface area contributed by atoms with Gasteiger partial charge in [-0.2, -0.15) is 0 Å². The van der Waals surface area contributed by atoms with Gasteiger partial charge in [0, 0.05) is 28.8 Å². The summed E-state index contributed by atoms with van der Waals surface area (Å²) < 4.78 is 17.8. The van der Waals surface area contributed by atoms with E-state index in [9.17, 15) is 4.39 Å². The van der Waals surface area contributed by atoms with Crippen molar-refractivity contribution >= 4 is 23.7 Å². The summed E-state index contributed by atoms with van der Waals surface area (Å²) in [6.45, 7) is 2.30. The number of halogens is 2. The molecule has 3 nitrogen and oxygen atoms in total. The molecule has 108 valence electrons. The lowest BCUT2D eigenvalue weighted by molar-refractivity contribution is 0.347. The second-order valence-electron chi connectivity index (χ2n) is 4.08. The zero-order valence-electron chi connectivity index (χ0n) is 11.0. The fraction of sp³-hybridized carbons (Fsp3) is 0.214. The molecule has 1 aromatic carbocycles. The third-order valence-corrected chi connectivity index (χ3v) is 3.57. The smallest absolute Gasteiger partial charge is 0.123 e. The van der Waals surface area contributed by atoms with E-state index in [-0.39, 0.29) is 25.6 Å². The van der Waals surface area contributed by atoms with Gasteiger partial charge in [-0.05, 0) is 31.2 Å². The molecule has 1 aromatic heterocycles. The Balaban J connectivity index is 0.00000200. The topological polar surface area (TPSA) is 48.1 Å². The van der Waals surface area contributed by atoms with E-state index in [0.717, 1.165) is 16.3 Å². The standard InChI is InChI=1S/C14H15FN2OS.ClH/c1-10-9-19-14(17-10)12-2-4-13(5-3-12)18-8-11(6-15)7-16;/h2-6,9H,7-8,16H2,1H3;1H/b11-6+;. The molecular weight excluding hydrogens is 299 g/mol. The van der Waals surface area contributed by atoms with Gasteiger partial charge in [0.15, 0.2) is 0 Å². The lowest BCUT2D eigenvalue weighted by Crippen LogP contribution is -2.10. The molecule has 0 radical (unpaired) electrons. The van der Waals surface area contributed by atoms with Gasteiger partial charge < -0.3 is 10.5 Å². The first-order chi connectivity index (χ1) is 9.22. The monoisotopic (exact) mass is 314 g/mol. The van der Waals surface area contributed by atoms with Crippen LogP contribution in [0.2, 0.25) is 0 Å². The Kier molecular flexibility index (Phi) is 6.64. The van der Waals surface area contributed by atoms with Crippen molar-refractivity contribution in [2.45, 2.75) is 6.92 Å². The fourth-order valence-corrected chi connectivity index (χ4v) is 2.30. The number of rotatable bonds is 5.